The van der Waals surface area contributed by atoms with Gasteiger partial charge >= 0.3 is 24.3 Å². The standard InChI is InChI=1S/C44H58N4O7.C23H28N2O2.C6H10O3.2C2HF3O2/c1-7-30-34(25-27(2)3)32(38-37(30)41(50)48(44(38)53)22-20-46-19-17-36(49)55-24-23-54-6)15-16-33-35(26-28(4)5)31(14-13-29-11-9-8-10-12-29)39-40(33)43(52)47(21-18-45)42(39)51;1-4-17-19(14-15(2)3)18(11-10-16-8-6-5-7-9-16)21-20(17)22(26)25(13-12-24)23(21)27;1-3-6(7)9-5-4-8-2;2*3-2(4,5)1(6)7/h7-16,25-28,30-33,37-40,46H,1,17-24,45H2,2-6H3;4-11,14-15,17-18,20-21H,1,12-13,24H2,2-3H3;3H,1,4-5H2,2H3;2*(H,6,7)/b14-13?,16-15-,34-25?,35-26?;;;;/t30-,31+,32+,33-,37+,38-,39-,40+;17-,18+,20+,21-;;;/m00.../s1. The van der Waals surface area contributed by atoms with Crippen LogP contribution in [0.25, 0.3) is 12.2 Å². The lowest BCUT2D eigenvalue weighted by Gasteiger charge is -2.23. The zero-order chi connectivity index (χ0) is 78.6. The molecule has 6 amide bonds. The molecular formula is C77H98F6N6O16. The number of hydrogen-bond acceptors (Lipinski definition) is 17. The van der Waals surface area contributed by atoms with Gasteiger partial charge in [-0.25, -0.2) is 4.79 Å². The second-order valence-corrected chi connectivity index (χ2v) is 26.3. The number of esters is 2. The molecule has 0 unspecified atom stereocenters. The summed E-state index contributed by atoms with van der Waals surface area (Å²) < 4.78 is 82.3. The summed E-state index contributed by atoms with van der Waals surface area (Å²) in [5.74, 6) is -11.6. The minimum atomic E-state index is -5.19. The Bertz CT molecular complexity index is 3530. The molecule has 574 valence electrons. The van der Waals surface area contributed by atoms with Crippen molar-refractivity contribution >= 4 is 71.5 Å². The van der Waals surface area contributed by atoms with E-state index in [1.807, 2.05) is 78.9 Å². The van der Waals surface area contributed by atoms with E-state index < -0.39 is 59.9 Å². The minimum Gasteiger partial charge on any atom is -0.542 e. The molecule has 6 aliphatic rings. The lowest BCUT2D eigenvalue weighted by molar-refractivity contribution is -0.367. The molecule has 22 nitrogen and oxygen atoms in total. The number of allylic oxidation sites excluding steroid dienone is 12. The number of nitrogens with one attached hydrogen (secondary N) is 1. The predicted octanol–water partition coefficient (Wildman–Crippen LogP) is 5.23. The van der Waals surface area contributed by atoms with Crippen molar-refractivity contribution in [2.75, 3.05) is 86.5 Å². The third-order valence-electron chi connectivity index (χ3n) is 17.8. The Kier molecular flexibility index (Phi) is 35.3. The molecule has 3 aliphatic heterocycles. The molecule has 12 atom stereocenters. The summed E-state index contributed by atoms with van der Waals surface area (Å²) in [4.78, 5) is 126. The highest BCUT2D eigenvalue weighted by Gasteiger charge is 2.62. The Morgan fingerprint density at radius 3 is 1.09 bits per heavy atom. The topological polar surface area (TPSA) is 331 Å². The van der Waals surface area contributed by atoms with E-state index in [-0.39, 0.29) is 121 Å². The van der Waals surface area contributed by atoms with Crippen LogP contribution in [0.3, 0.4) is 0 Å². The molecular weight excluding hydrogens is 1380 g/mol. The van der Waals surface area contributed by atoms with Crippen molar-refractivity contribution in [3.05, 3.63) is 169 Å². The number of imide groups is 3. The first-order chi connectivity index (χ1) is 49.6. The SMILES string of the molecule is C=CC(=O)OCCOC.C=C[C@H]1C(=CC(C)C)[C@@H](/C=C\[C@H]2C(=CC(C)C)[C@@H](C=Cc3ccccc3)[C@@H]3C(=O)N(CC[NH3+])C(=O)[C@@H]32)[C@@H]2C(=O)N(CCNCCC(=O)OCCOC)C(=O)[C@@H]21.C=C[C@H]1C(=CC(C)C)[C@@H](C=Cc2ccccc2)[C@@H]2C(=O)N(CC[NH3+])C(=O)[C@@H]21.O=C([O-])C(F)(F)F.O=C([O-])C(F)(F)F. The number of carbonyl (C=O) groups is 10. The van der Waals surface area contributed by atoms with Crippen LogP contribution in [0, 0.1) is 88.8 Å². The Morgan fingerprint density at radius 1 is 0.486 bits per heavy atom. The van der Waals surface area contributed by atoms with E-state index in [4.69, 9.17) is 29.3 Å². The summed E-state index contributed by atoms with van der Waals surface area (Å²) in [6.07, 6.45) is 13.4. The number of aliphatic carboxylic acids is 2. The average molecular weight is 1480 g/mol. The first-order valence-electron chi connectivity index (χ1n) is 34.5. The number of amides is 6. The summed E-state index contributed by atoms with van der Waals surface area (Å²) >= 11 is 0. The molecule has 2 aromatic carbocycles. The molecule has 8 rings (SSSR count). The van der Waals surface area contributed by atoms with Gasteiger partial charge in [0.25, 0.3) is 0 Å². The van der Waals surface area contributed by atoms with Crippen LogP contribution < -0.4 is 27.0 Å². The normalized spacial score (nSPS) is 25.2. The van der Waals surface area contributed by atoms with Crippen LogP contribution in [0.1, 0.15) is 59.1 Å². The fraction of sp³-hybridized carbons (Fsp3) is 0.481. The molecule has 105 heavy (non-hydrogen) atoms. The Morgan fingerprint density at radius 2 is 0.790 bits per heavy atom. The summed E-state index contributed by atoms with van der Waals surface area (Å²) in [5, 5.41) is 20.7. The molecule has 3 saturated carbocycles. The maximum absolute atomic E-state index is 14.3. The third kappa shape index (κ3) is 24.2. The van der Waals surface area contributed by atoms with Crippen LogP contribution in [-0.2, 0) is 66.9 Å². The van der Waals surface area contributed by atoms with Gasteiger partial charge in [-0.05, 0) is 28.9 Å². The van der Waals surface area contributed by atoms with Crippen LogP contribution in [0.5, 0.6) is 0 Å². The number of quaternary nitrogens is 2. The summed E-state index contributed by atoms with van der Waals surface area (Å²) in [6, 6.07) is 20.0. The van der Waals surface area contributed by atoms with Crippen molar-refractivity contribution in [3.63, 3.8) is 0 Å². The number of carbonyl (C=O) groups excluding carboxylic acids is 10. The number of carboxylic acid groups (broad SMARTS) is 2. The van der Waals surface area contributed by atoms with E-state index in [2.05, 4.69) is 130 Å². The zero-order valence-electron chi connectivity index (χ0n) is 60.5. The van der Waals surface area contributed by atoms with Gasteiger partial charge in [0, 0.05) is 75.4 Å². The van der Waals surface area contributed by atoms with Crippen molar-refractivity contribution in [1.82, 2.24) is 20.0 Å². The Hall–Kier alpha value is -9.22. The zero-order valence-corrected chi connectivity index (χ0v) is 60.5. The molecule has 28 heteroatoms. The maximum atomic E-state index is 14.3. The number of fused-ring (bicyclic) bond motifs is 3. The van der Waals surface area contributed by atoms with Crippen molar-refractivity contribution in [1.29, 1.82) is 0 Å². The summed E-state index contributed by atoms with van der Waals surface area (Å²) in [6.45, 7) is 27.6. The van der Waals surface area contributed by atoms with Crippen LogP contribution in [0.4, 0.5) is 26.3 Å². The van der Waals surface area contributed by atoms with Crippen molar-refractivity contribution in [2.24, 2.45) is 88.8 Å². The molecule has 3 saturated heterocycles. The lowest BCUT2D eigenvalue weighted by atomic mass is 9.84. The molecule has 6 fully saturated rings. The van der Waals surface area contributed by atoms with E-state index in [0.717, 1.165) is 33.9 Å². The molecule has 2 aromatic rings. The second kappa shape index (κ2) is 42.1. The number of alkyl halides is 6. The van der Waals surface area contributed by atoms with Crippen LogP contribution in [-0.4, -0.2) is 173 Å². The van der Waals surface area contributed by atoms with Crippen molar-refractivity contribution in [2.45, 2.75) is 60.3 Å². The molecule has 7 N–H and O–H groups in total. The number of methoxy groups -OCH3 is 2. The number of ether oxygens (including phenoxy) is 4. The predicted molar refractivity (Wildman–Crippen MR) is 372 cm³/mol. The van der Waals surface area contributed by atoms with Crippen LogP contribution in [0.15, 0.2) is 158 Å². The molecule has 0 aromatic heterocycles. The van der Waals surface area contributed by atoms with E-state index in [0.29, 0.717) is 58.5 Å². The second-order valence-electron chi connectivity index (χ2n) is 26.3. The summed E-state index contributed by atoms with van der Waals surface area (Å²) in [7, 11) is 3.08. The molecule has 0 spiro atoms. The Labute approximate surface area is 608 Å². The number of benzene rings is 2. The number of nitrogens with zero attached hydrogens (tertiary/aromatic N) is 3. The summed E-state index contributed by atoms with van der Waals surface area (Å²) in [5.41, 5.74) is 13.0. The molecule has 0 radical (unpaired) electrons. The third-order valence-corrected chi connectivity index (χ3v) is 17.8. The monoisotopic (exact) mass is 1480 g/mol. The fourth-order valence-electron chi connectivity index (χ4n) is 13.7. The van der Waals surface area contributed by atoms with Gasteiger partial charge in [-0.3, -0.25) is 48.3 Å². The largest absolute Gasteiger partial charge is 0.542 e. The van der Waals surface area contributed by atoms with E-state index >= 15 is 0 Å². The average Bonchev–Trinajstić information content (AvgIpc) is 1.58. The molecule has 0 bridgehead atoms. The van der Waals surface area contributed by atoms with Gasteiger partial charge < -0.3 is 55.5 Å². The van der Waals surface area contributed by atoms with Gasteiger partial charge in [0.05, 0.1) is 81.3 Å². The van der Waals surface area contributed by atoms with E-state index in [1.165, 1.54) is 21.8 Å². The highest BCUT2D eigenvalue weighted by Crippen LogP contribution is 2.56. The number of rotatable bonds is 28. The first-order valence-corrected chi connectivity index (χ1v) is 34.5. The first kappa shape index (κ1) is 88.2. The van der Waals surface area contributed by atoms with Gasteiger partial charge in [-0.2, -0.15) is 26.3 Å². The van der Waals surface area contributed by atoms with Crippen molar-refractivity contribution < 1.29 is 115 Å². The highest BCUT2D eigenvalue weighted by atomic mass is 19.4. The smallest absolute Gasteiger partial charge is 0.430 e. The highest BCUT2D eigenvalue weighted by molar-refractivity contribution is 6.08. The Balaban J connectivity index is 0.000000380. The molecule has 3 heterocycles. The van der Waals surface area contributed by atoms with Gasteiger partial charge in [0.1, 0.15) is 25.2 Å². The van der Waals surface area contributed by atoms with E-state index in [1.54, 1.807) is 13.2 Å². The fourth-order valence-corrected chi connectivity index (χ4v) is 13.7. The lowest BCUT2D eigenvalue weighted by Crippen LogP contribution is -2.56. The van der Waals surface area contributed by atoms with Gasteiger partial charge in [0.2, 0.25) is 35.4 Å². The number of likely N-dealkylation sites (tertiary alicyclic amines) is 3. The maximum Gasteiger partial charge on any atom is 0.430 e. The molecule has 3 aliphatic carbocycles. The van der Waals surface area contributed by atoms with Gasteiger partial charge in [0.15, 0.2) is 0 Å². The van der Waals surface area contributed by atoms with Crippen LogP contribution in [0.2, 0.25) is 0 Å². The quantitative estimate of drug-likeness (QED) is 0.0245. The van der Waals surface area contributed by atoms with Crippen LogP contribution >= 0.6 is 0 Å². The minimum absolute atomic E-state index is 0.0598. The van der Waals surface area contributed by atoms with Crippen molar-refractivity contribution in [3.8, 4) is 0 Å². The van der Waals surface area contributed by atoms with Gasteiger partial charge in [-0.15, -0.1) is 13.2 Å². The van der Waals surface area contributed by atoms with E-state index in [9.17, 15) is 64.7 Å². The number of carboxylic acids is 2. The number of hydrogen-bond donors (Lipinski definition) is 3. The van der Waals surface area contributed by atoms with Gasteiger partial charge in [-0.1, -0.05) is 192 Å². The number of halogens is 6.